The van der Waals surface area contributed by atoms with E-state index >= 15 is 0 Å². The first-order valence-corrected chi connectivity index (χ1v) is 10.3. The zero-order valence-electron chi connectivity index (χ0n) is 17.2. The van der Waals surface area contributed by atoms with E-state index in [9.17, 15) is 4.39 Å². The molecule has 0 saturated carbocycles. The highest BCUT2D eigenvalue weighted by Gasteiger charge is 2.26. The molecule has 1 aliphatic rings. The second-order valence-electron chi connectivity index (χ2n) is 7.67. The van der Waals surface area contributed by atoms with Crippen LogP contribution >= 0.6 is 0 Å². The molecule has 3 heterocycles. The summed E-state index contributed by atoms with van der Waals surface area (Å²) in [6.07, 6.45) is 1.82. The fourth-order valence-electron chi connectivity index (χ4n) is 3.96. The average Bonchev–Trinajstić information content (AvgIpc) is 3.24. The van der Waals surface area contributed by atoms with Crippen LogP contribution in [0.2, 0.25) is 0 Å². The van der Waals surface area contributed by atoms with E-state index in [1.165, 1.54) is 12.1 Å². The lowest BCUT2D eigenvalue weighted by Crippen LogP contribution is -2.38. The van der Waals surface area contributed by atoms with E-state index < -0.39 is 0 Å². The molecule has 0 aliphatic carbocycles. The second kappa shape index (κ2) is 8.45. The molecule has 5 rings (SSSR count). The van der Waals surface area contributed by atoms with Crippen molar-refractivity contribution in [2.24, 2.45) is 0 Å². The molecule has 1 atom stereocenters. The summed E-state index contributed by atoms with van der Waals surface area (Å²) in [7, 11) is 1.66. The van der Waals surface area contributed by atoms with Gasteiger partial charge < -0.3 is 9.47 Å². The first-order valence-electron chi connectivity index (χ1n) is 10.3. The SMILES string of the molecule is COc1ccc(-c2ccc3c([C@@H]4CN(Cc5ccc(F)cc5)CCO4)nnn3c2)cc1. The van der Waals surface area contributed by atoms with E-state index in [1.54, 1.807) is 11.6 Å². The first kappa shape index (κ1) is 19.7. The fraction of sp³-hybridized carbons (Fsp3) is 0.250. The van der Waals surface area contributed by atoms with Crippen LogP contribution < -0.4 is 4.74 Å². The van der Waals surface area contributed by atoms with Crippen molar-refractivity contribution in [2.45, 2.75) is 12.6 Å². The quantitative estimate of drug-likeness (QED) is 0.488. The predicted molar refractivity (Wildman–Crippen MR) is 115 cm³/mol. The molecule has 0 bridgehead atoms. The Morgan fingerprint density at radius 2 is 1.81 bits per heavy atom. The van der Waals surface area contributed by atoms with Gasteiger partial charge in [-0.2, -0.15) is 0 Å². The van der Waals surface area contributed by atoms with Crippen LogP contribution in [-0.4, -0.2) is 46.5 Å². The number of hydrogen-bond donors (Lipinski definition) is 0. The normalized spacial score (nSPS) is 17.2. The molecule has 4 aromatic rings. The Balaban J connectivity index is 1.35. The van der Waals surface area contributed by atoms with Gasteiger partial charge in [0.1, 0.15) is 23.4 Å². The summed E-state index contributed by atoms with van der Waals surface area (Å²) in [6.45, 7) is 2.91. The number of fused-ring (bicyclic) bond motifs is 1. The maximum Gasteiger partial charge on any atom is 0.123 e. The molecule has 6 nitrogen and oxygen atoms in total. The summed E-state index contributed by atoms with van der Waals surface area (Å²) in [4.78, 5) is 2.30. The third-order valence-corrected chi connectivity index (χ3v) is 5.64. The van der Waals surface area contributed by atoms with Crippen LogP contribution in [0.25, 0.3) is 16.6 Å². The van der Waals surface area contributed by atoms with Crippen molar-refractivity contribution in [3.05, 3.63) is 83.9 Å². The zero-order chi connectivity index (χ0) is 21.2. The monoisotopic (exact) mass is 418 g/mol. The highest BCUT2D eigenvalue weighted by atomic mass is 19.1. The van der Waals surface area contributed by atoms with Gasteiger partial charge in [-0.25, -0.2) is 8.91 Å². The van der Waals surface area contributed by atoms with Gasteiger partial charge in [0.15, 0.2) is 0 Å². The molecule has 31 heavy (non-hydrogen) atoms. The Bertz CT molecular complexity index is 1170. The Morgan fingerprint density at radius 1 is 1.03 bits per heavy atom. The number of benzene rings is 2. The Kier molecular flexibility index (Phi) is 5.36. The lowest BCUT2D eigenvalue weighted by molar-refractivity contribution is -0.0343. The number of methoxy groups -OCH3 is 1. The van der Waals surface area contributed by atoms with E-state index in [-0.39, 0.29) is 11.9 Å². The highest BCUT2D eigenvalue weighted by Crippen LogP contribution is 2.28. The van der Waals surface area contributed by atoms with Crippen LogP contribution in [0.1, 0.15) is 17.4 Å². The van der Waals surface area contributed by atoms with E-state index in [2.05, 4.69) is 21.3 Å². The summed E-state index contributed by atoms with van der Waals surface area (Å²) in [5.41, 5.74) is 4.99. The highest BCUT2D eigenvalue weighted by molar-refractivity contribution is 5.66. The number of nitrogens with zero attached hydrogens (tertiary/aromatic N) is 4. The minimum absolute atomic E-state index is 0.154. The predicted octanol–water partition coefficient (Wildman–Crippen LogP) is 4.12. The fourth-order valence-corrected chi connectivity index (χ4v) is 3.96. The number of morpholine rings is 1. The van der Waals surface area contributed by atoms with E-state index in [4.69, 9.17) is 9.47 Å². The van der Waals surface area contributed by atoms with E-state index in [0.717, 1.165) is 46.7 Å². The molecule has 2 aromatic heterocycles. The van der Waals surface area contributed by atoms with Crippen molar-refractivity contribution in [3.63, 3.8) is 0 Å². The Morgan fingerprint density at radius 3 is 2.58 bits per heavy atom. The number of rotatable bonds is 5. The summed E-state index contributed by atoms with van der Waals surface area (Å²) in [5, 5.41) is 8.76. The minimum Gasteiger partial charge on any atom is -0.497 e. The van der Waals surface area contributed by atoms with Gasteiger partial charge in [0, 0.05) is 31.4 Å². The lowest BCUT2D eigenvalue weighted by atomic mass is 10.1. The number of aromatic nitrogens is 3. The third-order valence-electron chi connectivity index (χ3n) is 5.64. The molecule has 7 heteroatoms. The van der Waals surface area contributed by atoms with Gasteiger partial charge in [-0.05, 0) is 41.5 Å². The minimum atomic E-state index is -0.215. The van der Waals surface area contributed by atoms with Crippen LogP contribution in [0.3, 0.4) is 0 Å². The first-order chi connectivity index (χ1) is 15.2. The largest absolute Gasteiger partial charge is 0.497 e. The van der Waals surface area contributed by atoms with Gasteiger partial charge >= 0.3 is 0 Å². The van der Waals surface area contributed by atoms with E-state index in [1.807, 2.05) is 48.7 Å². The van der Waals surface area contributed by atoms with Crippen molar-refractivity contribution in [3.8, 4) is 16.9 Å². The molecule has 0 amide bonds. The summed E-state index contributed by atoms with van der Waals surface area (Å²) in [5.74, 6) is 0.612. The van der Waals surface area contributed by atoms with Gasteiger partial charge in [-0.15, -0.1) is 5.10 Å². The molecule has 0 radical (unpaired) electrons. The number of hydrogen-bond acceptors (Lipinski definition) is 5. The van der Waals surface area contributed by atoms with Gasteiger partial charge in [0.2, 0.25) is 0 Å². The third kappa shape index (κ3) is 4.15. The Labute approximate surface area is 179 Å². The van der Waals surface area contributed by atoms with Crippen LogP contribution in [-0.2, 0) is 11.3 Å². The van der Waals surface area contributed by atoms with Crippen molar-refractivity contribution >= 4 is 5.52 Å². The molecule has 0 spiro atoms. The molecule has 1 saturated heterocycles. The van der Waals surface area contributed by atoms with Gasteiger partial charge in [0.25, 0.3) is 0 Å². The molecular weight excluding hydrogens is 395 g/mol. The smallest absolute Gasteiger partial charge is 0.123 e. The number of ether oxygens (including phenoxy) is 2. The van der Waals surface area contributed by atoms with Crippen molar-refractivity contribution in [1.82, 2.24) is 19.7 Å². The van der Waals surface area contributed by atoms with Crippen LogP contribution in [0, 0.1) is 5.82 Å². The molecular formula is C24H23FN4O2. The topological polar surface area (TPSA) is 51.9 Å². The van der Waals surface area contributed by atoms with Gasteiger partial charge in [-0.1, -0.05) is 35.5 Å². The van der Waals surface area contributed by atoms with Crippen molar-refractivity contribution < 1.29 is 13.9 Å². The van der Waals surface area contributed by atoms with Crippen molar-refractivity contribution in [1.29, 1.82) is 0 Å². The number of halogens is 1. The van der Waals surface area contributed by atoms with Crippen LogP contribution in [0.15, 0.2) is 66.9 Å². The van der Waals surface area contributed by atoms with Gasteiger partial charge in [-0.3, -0.25) is 4.90 Å². The zero-order valence-corrected chi connectivity index (χ0v) is 17.2. The summed E-state index contributed by atoms with van der Waals surface area (Å²) in [6, 6.07) is 18.7. The summed E-state index contributed by atoms with van der Waals surface area (Å²) >= 11 is 0. The van der Waals surface area contributed by atoms with Crippen molar-refractivity contribution in [2.75, 3.05) is 26.8 Å². The lowest BCUT2D eigenvalue weighted by Gasteiger charge is -2.32. The molecule has 1 fully saturated rings. The van der Waals surface area contributed by atoms with E-state index in [0.29, 0.717) is 13.2 Å². The number of pyridine rings is 1. The molecule has 0 unspecified atom stereocenters. The summed E-state index contributed by atoms with van der Waals surface area (Å²) < 4.78 is 26.2. The maximum absolute atomic E-state index is 13.2. The molecule has 1 aliphatic heterocycles. The molecule has 158 valence electrons. The van der Waals surface area contributed by atoms with Gasteiger partial charge in [0.05, 0.1) is 19.2 Å². The van der Waals surface area contributed by atoms with Crippen LogP contribution in [0.5, 0.6) is 5.75 Å². The molecule has 0 N–H and O–H groups in total. The second-order valence-corrected chi connectivity index (χ2v) is 7.67. The van der Waals surface area contributed by atoms with Crippen LogP contribution in [0.4, 0.5) is 4.39 Å². The maximum atomic E-state index is 13.2. The Hall–Kier alpha value is -3.29. The average molecular weight is 418 g/mol. The molecule has 2 aromatic carbocycles. The standard InChI is InChI=1S/C24H23FN4O2/c1-30-21-9-4-18(5-10-21)19-6-11-22-24(26-27-29(22)15-19)23-16-28(12-13-31-23)14-17-2-7-20(25)8-3-17/h2-11,15,23H,12-14,16H2,1H3/t23-/m0/s1.